The average molecular weight is 268 g/mol. The van der Waals surface area contributed by atoms with Crippen LogP contribution in [-0.4, -0.2) is 41.8 Å². The van der Waals surface area contributed by atoms with Gasteiger partial charge < -0.3 is 15.6 Å². The van der Waals surface area contributed by atoms with Gasteiger partial charge in [-0.2, -0.15) is 0 Å². The number of ether oxygens (including phenoxy) is 1. The first-order valence-corrected chi connectivity index (χ1v) is 6.33. The first-order chi connectivity index (χ1) is 8.63. The van der Waals surface area contributed by atoms with Crippen molar-refractivity contribution < 1.29 is 9.84 Å². The fourth-order valence-electron chi connectivity index (χ4n) is 1.94. The first kappa shape index (κ1) is 14.9. The van der Waals surface area contributed by atoms with E-state index in [1.54, 1.807) is 7.11 Å². The largest absolute Gasteiger partial charge is 0.497 e. The van der Waals surface area contributed by atoms with Gasteiger partial charge >= 0.3 is 0 Å². The molecular weight excluding hydrogens is 248 g/mol. The smallest absolute Gasteiger partial charge is 0.118 e. The molecule has 0 aliphatic heterocycles. The van der Waals surface area contributed by atoms with Crippen molar-refractivity contribution in [2.45, 2.75) is 13.0 Å². The lowest BCUT2D eigenvalue weighted by atomic mass is 10.0. The summed E-state index contributed by atoms with van der Waals surface area (Å²) in [5.74, 6) is 0.797. The van der Waals surface area contributed by atoms with Crippen molar-refractivity contribution >= 4 is 17.2 Å². The van der Waals surface area contributed by atoms with Gasteiger partial charge in [0.15, 0.2) is 0 Å². The minimum absolute atomic E-state index is 0.0864. The number of likely N-dealkylation sites (N-methyl/N-ethyl adjacent to an activating group) is 1. The highest BCUT2D eigenvalue weighted by molar-refractivity contribution is 7.80. The van der Waals surface area contributed by atoms with Crippen molar-refractivity contribution in [3.05, 3.63) is 29.8 Å². The molecule has 0 spiro atoms. The summed E-state index contributed by atoms with van der Waals surface area (Å²) in [5, 5.41) is 9.08. The number of hydrogen-bond acceptors (Lipinski definition) is 4. The Morgan fingerprint density at radius 3 is 2.44 bits per heavy atom. The number of rotatable bonds is 7. The van der Waals surface area contributed by atoms with E-state index >= 15 is 0 Å². The van der Waals surface area contributed by atoms with Crippen molar-refractivity contribution in [1.82, 2.24) is 4.90 Å². The van der Waals surface area contributed by atoms with E-state index in [-0.39, 0.29) is 12.6 Å². The highest BCUT2D eigenvalue weighted by Gasteiger charge is 2.21. The summed E-state index contributed by atoms with van der Waals surface area (Å²) >= 11 is 5.14. The van der Waals surface area contributed by atoms with Gasteiger partial charge in [-0.25, -0.2) is 0 Å². The Labute approximate surface area is 113 Å². The summed E-state index contributed by atoms with van der Waals surface area (Å²) in [5.41, 5.74) is 6.84. The second-order valence-corrected chi connectivity index (χ2v) is 4.40. The minimum atomic E-state index is -0.150. The van der Waals surface area contributed by atoms with Gasteiger partial charge in [0.1, 0.15) is 5.75 Å². The van der Waals surface area contributed by atoms with Crippen LogP contribution in [0.4, 0.5) is 0 Å². The van der Waals surface area contributed by atoms with Gasteiger partial charge in [-0.3, -0.25) is 4.90 Å². The van der Waals surface area contributed by atoms with Crippen molar-refractivity contribution in [1.29, 1.82) is 0 Å². The summed E-state index contributed by atoms with van der Waals surface area (Å²) < 4.78 is 5.13. The van der Waals surface area contributed by atoms with Crippen LogP contribution in [0.2, 0.25) is 0 Å². The van der Waals surface area contributed by atoms with Crippen molar-refractivity contribution in [2.24, 2.45) is 5.73 Å². The van der Waals surface area contributed by atoms with E-state index < -0.39 is 0 Å². The minimum Gasteiger partial charge on any atom is -0.497 e. The zero-order valence-corrected chi connectivity index (χ0v) is 11.6. The third-order valence-electron chi connectivity index (χ3n) is 2.86. The molecule has 0 aliphatic carbocycles. The number of methoxy groups -OCH3 is 1. The summed E-state index contributed by atoms with van der Waals surface area (Å²) in [6.07, 6.45) is 0. The molecule has 18 heavy (non-hydrogen) atoms. The molecule has 0 bridgehead atoms. The van der Waals surface area contributed by atoms with E-state index in [1.165, 1.54) is 0 Å². The highest BCUT2D eigenvalue weighted by Crippen LogP contribution is 2.23. The summed E-state index contributed by atoms with van der Waals surface area (Å²) in [6, 6.07) is 7.51. The van der Waals surface area contributed by atoms with E-state index in [0.717, 1.165) is 17.9 Å². The molecule has 1 atom stereocenters. The van der Waals surface area contributed by atoms with Gasteiger partial charge in [-0.1, -0.05) is 31.3 Å². The number of aliphatic hydroxyl groups excluding tert-OH is 1. The van der Waals surface area contributed by atoms with Crippen LogP contribution in [0.5, 0.6) is 5.75 Å². The summed E-state index contributed by atoms with van der Waals surface area (Å²) in [4.78, 5) is 2.46. The van der Waals surface area contributed by atoms with E-state index in [1.807, 2.05) is 36.1 Å². The third-order valence-corrected chi connectivity index (χ3v) is 3.08. The molecule has 1 rings (SSSR count). The van der Waals surface area contributed by atoms with E-state index in [4.69, 9.17) is 27.8 Å². The first-order valence-electron chi connectivity index (χ1n) is 5.92. The van der Waals surface area contributed by atoms with Gasteiger partial charge in [0.25, 0.3) is 0 Å². The molecule has 3 N–H and O–H groups in total. The molecule has 0 aromatic heterocycles. The van der Waals surface area contributed by atoms with Gasteiger partial charge in [0, 0.05) is 6.54 Å². The van der Waals surface area contributed by atoms with Crippen LogP contribution in [0.3, 0.4) is 0 Å². The van der Waals surface area contributed by atoms with E-state index in [0.29, 0.717) is 11.5 Å². The molecule has 0 fully saturated rings. The number of hydrogen-bond donors (Lipinski definition) is 2. The summed E-state index contributed by atoms with van der Waals surface area (Å²) in [6.45, 7) is 3.42. The fourth-order valence-corrected chi connectivity index (χ4v) is 2.22. The van der Waals surface area contributed by atoms with E-state index in [2.05, 4.69) is 0 Å². The molecule has 1 aromatic carbocycles. The van der Waals surface area contributed by atoms with Crippen LogP contribution in [0, 0.1) is 0 Å². The Kier molecular flexibility index (Phi) is 6.04. The van der Waals surface area contributed by atoms with Crippen LogP contribution in [0.25, 0.3) is 0 Å². The maximum absolute atomic E-state index is 9.08. The lowest BCUT2D eigenvalue weighted by Crippen LogP contribution is -2.38. The molecular formula is C13H20N2O2S. The van der Waals surface area contributed by atoms with Gasteiger partial charge in [-0.05, 0) is 24.2 Å². The highest BCUT2D eigenvalue weighted by atomic mass is 32.1. The maximum atomic E-state index is 9.08. The molecule has 5 heteroatoms. The van der Waals surface area contributed by atoms with Gasteiger partial charge in [0.2, 0.25) is 0 Å². The molecule has 0 heterocycles. The quantitative estimate of drug-likeness (QED) is 0.731. The molecule has 0 radical (unpaired) electrons. The zero-order chi connectivity index (χ0) is 13.5. The Morgan fingerprint density at radius 1 is 1.44 bits per heavy atom. The molecule has 0 amide bonds. The maximum Gasteiger partial charge on any atom is 0.118 e. The Hall–Kier alpha value is -1.17. The van der Waals surface area contributed by atoms with Crippen LogP contribution in [0.1, 0.15) is 18.5 Å². The lowest BCUT2D eigenvalue weighted by Gasteiger charge is -2.29. The Balaban J connectivity index is 2.98. The third kappa shape index (κ3) is 3.66. The van der Waals surface area contributed by atoms with Gasteiger partial charge in [0.05, 0.1) is 24.7 Å². The predicted octanol–water partition coefficient (Wildman–Crippen LogP) is 1.34. The van der Waals surface area contributed by atoms with Gasteiger partial charge in [-0.15, -0.1) is 0 Å². The molecule has 0 aliphatic rings. The predicted molar refractivity (Wildman–Crippen MR) is 76.9 cm³/mol. The van der Waals surface area contributed by atoms with Crippen LogP contribution in [0.15, 0.2) is 24.3 Å². The number of thiocarbonyl (C=S) groups is 1. The molecule has 0 saturated heterocycles. The Bertz CT molecular complexity index is 381. The SMILES string of the molecule is CCN(CCO)C(C(N)=S)c1ccc(OC)cc1. The fraction of sp³-hybridized carbons (Fsp3) is 0.462. The second kappa shape index (κ2) is 7.31. The number of nitrogens with two attached hydrogens (primary N) is 1. The standard InChI is InChI=1S/C13H20N2O2S/c1-3-15(8-9-16)12(13(14)18)10-4-6-11(17-2)7-5-10/h4-7,12,16H,3,8-9H2,1-2H3,(H2,14,18). The number of nitrogens with zero attached hydrogens (tertiary/aromatic N) is 1. The molecule has 1 unspecified atom stereocenters. The zero-order valence-electron chi connectivity index (χ0n) is 10.8. The van der Waals surface area contributed by atoms with Crippen molar-refractivity contribution in [3.63, 3.8) is 0 Å². The molecule has 0 saturated carbocycles. The van der Waals surface area contributed by atoms with E-state index in [9.17, 15) is 0 Å². The molecule has 100 valence electrons. The van der Waals surface area contributed by atoms with Crippen LogP contribution in [-0.2, 0) is 0 Å². The average Bonchev–Trinajstić information content (AvgIpc) is 2.38. The number of benzene rings is 1. The topological polar surface area (TPSA) is 58.7 Å². The monoisotopic (exact) mass is 268 g/mol. The summed E-state index contributed by atoms with van der Waals surface area (Å²) in [7, 11) is 1.63. The molecule has 1 aromatic rings. The Morgan fingerprint density at radius 2 is 2.06 bits per heavy atom. The van der Waals surface area contributed by atoms with Crippen LogP contribution < -0.4 is 10.5 Å². The second-order valence-electron chi connectivity index (χ2n) is 3.93. The lowest BCUT2D eigenvalue weighted by molar-refractivity contribution is 0.185. The van der Waals surface area contributed by atoms with Crippen LogP contribution >= 0.6 is 12.2 Å². The molecule has 4 nitrogen and oxygen atoms in total. The van der Waals surface area contributed by atoms with Crippen molar-refractivity contribution in [2.75, 3.05) is 26.8 Å². The number of aliphatic hydroxyl groups is 1. The normalized spacial score (nSPS) is 12.4. The van der Waals surface area contributed by atoms with Crippen molar-refractivity contribution in [3.8, 4) is 5.75 Å².